The molecule has 140 valence electrons. The van der Waals surface area contributed by atoms with Gasteiger partial charge in [-0.1, -0.05) is 36.4 Å². The van der Waals surface area contributed by atoms with Crippen molar-refractivity contribution in [3.8, 4) is 5.75 Å². The zero-order valence-corrected chi connectivity index (χ0v) is 15.4. The van der Waals surface area contributed by atoms with E-state index in [-0.39, 0.29) is 30.5 Å². The SMILES string of the molecule is CCC(NC(=O)CCn1nnc2ccccc2c1=O)c1ccc(OC)cc1. The number of aryl methyl sites for hydroxylation is 1. The lowest BCUT2D eigenvalue weighted by Crippen LogP contribution is -2.31. The summed E-state index contributed by atoms with van der Waals surface area (Å²) < 4.78 is 6.39. The summed E-state index contributed by atoms with van der Waals surface area (Å²) in [6.45, 7) is 2.19. The van der Waals surface area contributed by atoms with Crippen LogP contribution in [0.25, 0.3) is 10.9 Å². The molecule has 0 fully saturated rings. The number of aromatic nitrogens is 3. The summed E-state index contributed by atoms with van der Waals surface area (Å²) in [4.78, 5) is 24.8. The molecule has 0 saturated heterocycles. The molecule has 1 heterocycles. The molecule has 27 heavy (non-hydrogen) atoms. The first-order valence-electron chi connectivity index (χ1n) is 8.88. The highest BCUT2D eigenvalue weighted by Crippen LogP contribution is 2.20. The minimum absolute atomic E-state index is 0.0946. The quantitative estimate of drug-likeness (QED) is 0.694. The smallest absolute Gasteiger partial charge is 0.277 e. The Morgan fingerprint density at radius 1 is 1.19 bits per heavy atom. The average molecular weight is 366 g/mol. The normalized spacial score (nSPS) is 11.9. The summed E-state index contributed by atoms with van der Waals surface area (Å²) in [6, 6.07) is 14.5. The number of fused-ring (bicyclic) bond motifs is 1. The summed E-state index contributed by atoms with van der Waals surface area (Å²) in [7, 11) is 1.62. The zero-order valence-electron chi connectivity index (χ0n) is 15.4. The molecule has 1 N–H and O–H groups in total. The monoisotopic (exact) mass is 366 g/mol. The third-order valence-electron chi connectivity index (χ3n) is 4.44. The maximum atomic E-state index is 12.4. The number of benzene rings is 2. The number of amides is 1. The predicted molar refractivity (Wildman–Crippen MR) is 103 cm³/mol. The van der Waals surface area contributed by atoms with Gasteiger partial charge in [-0.2, -0.15) is 0 Å². The third-order valence-corrected chi connectivity index (χ3v) is 4.44. The van der Waals surface area contributed by atoms with Crippen LogP contribution in [0.1, 0.15) is 31.4 Å². The molecule has 3 aromatic rings. The van der Waals surface area contributed by atoms with Crippen LogP contribution in [0.3, 0.4) is 0 Å². The summed E-state index contributed by atoms with van der Waals surface area (Å²) in [5.74, 6) is 0.633. The van der Waals surface area contributed by atoms with Crippen molar-refractivity contribution in [1.29, 1.82) is 0 Å². The van der Waals surface area contributed by atoms with Crippen molar-refractivity contribution >= 4 is 16.8 Å². The van der Waals surface area contributed by atoms with E-state index in [1.807, 2.05) is 31.2 Å². The highest BCUT2D eigenvalue weighted by molar-refractivity contribution is 5.77. The molecule has 0 saturated carbocycles. The lowest BCUT2D eigenvalue weighted by atomic mass is 10.0. The maximum absolute atomic E-state index is 12.4. The second kappa shape index (κ2) is 8.44. The number of hydrogen-bond acceptors (Lipinski definition) is 5. The third kappa shape index (κ3) is 4.31. The lowest BCUT2D eigenvalue weighted by molar-refractivity contribution is -0.122. The van der Waals surface area contributed by atoms with Gasteiger partial charge in [0.25, 0.3) is 5.56 Å². The Morgan fingerprint density at radius 3 is 2.63 bits per heavy atom. The number of ether oxygens (including phenoxy) is 1. The molecule has 7 heteroatoms. The fourth-order valence-corrected chi connectivity index (χ4v) is 2.90. The standard InChI is InChI=1S/C20H22N4O3/c1-3-17(14-8-10-15(27-2)11-9-14)21-19(25)12-13-24-20(26)16-6-4-5-7-18(16)22-23-24/h4-11,17H,3,12-13H2,1-2H3,(H,21,25). The zero-order chi connectivity index (χ0) is 19.2. The van der Waals surface area contributed by atoms with Crippen LogP contribution in [-0.4, -0.2) is 28.0 Å². The van der Waals surface area contributed by atoms with Crippen LogP contribution in [0.15, 0.2) is 53.3 Å². The Labute approximate surface area is 157 Å². The van der Waals surface area contributed by atoms with Crippen LogP contribution in [0.5, 0.6) is 5.75 Å². The maximum Gasteiger partial charge on any atom is 0.277 e. The van der Waals surface area contributed by atoms with E-state index in [2.05, 4.69) is 15.6 Å². The van der Waals surface area contributed by atoms with Gasteiger partial charge in [0.15, 0.2) is 0 Å². The number of nitrogens with one attached hydrogen (secondary N) is 1. The van der Waals surface area contributed by atoms with Gasteiger partial charge in [-0.05, 0) is 36.2 Å². The van der Waals surface area contributed by atoms with Crippen molar-refractivity contribution in [2.45, 2.75) is 32.4 Å². The fraction of sp³-hybridized carbons (Fsp3) is 0.300. The number of hydrogen-bond donors (Lipinski definition) is 1. The van der Waals surface area contributed by atoms with E-state index in [1.54, 1.807) is 31.4 Å². The van der Waals surface area contributed by atoms with Gasteiger partial charge >= 0.3 is 0 Å². The largest absolute Gasteiger partial charge is 0.497 e. The van der Waals surface area contributed by atoms with Gasteiger partial charge in [-0.15, -0.1) is 5.10 Å². The lowest BCUT2D eigenvalue weighted by Gasteiger charge is -2.18. The molecule has 0 aliphatic carbocycles. The number of carbonyl (C=O) groups is 1. The Morgan fingerprint density at radius 2 is 1.93 bits per heavy atom. The van der Waals surface area contributed by atoms with Gasteiger partial charge in [0, 0.05) is 6.42 Å². The first-order valence-corrected chi connectivity index (χ1v) is 8.88. The molecule has 1 atom stereocenters. The Balaban J connectivity index is 1.64. The van der Waals surface area contributed by atoms with E-state index in [9.17, 15) is 9.59 Å². The number of carbonyl (C=O) groups excluding carboxylic acids is 1. The molecule has 0 spiro atoms. The topological polar surface area (TPSA) is 86.1 Å². The summed E-state index contributed by atoms with van der Waals surface area (Å²) in [5.41, 5.74) is 1.32. The second-order valence-corrected chi connectivity index (χ2v) is 6.19. The second-order valence-electron chi connectivity index (χ2n) is 6.19. The minimum Gasteiger partial charge on any atom is -0.497 e. The van der Waals surface area contributed by atoms with Crippen molar-refractivity contribution in [1.82, 2.24) is 20.3 Å². The molecular formula is C20H22N4O3. The van der Waals surface area contributed by atoms with Crippen molar-refractivity contribution in [2.24, 2.45) is 0 Å². The van der Waals surface area contributed by atoms with Crippen LogP contribution in [0.4, 0.5) is 0 Å². The van der Waals surface area contributed by atoms with Crippen LogP contribution < -0.4 is 15.6 Å². The van der Waals surface area contributed by atoms with Gasteiger partial charge in [-0.25, -0.2) is 4.68 Å². The van der Waals surface area contributed by atoms with Crippen molar-refractivity contribution in [3.05, 3.63) is 64.4 Å². The first-order chi connectivity index (χ1) is 13.1. The van der Waals surface area contributed by atoms with E-state index in [0.29, 0.717) is 10.9 Å². The van der Waals surface area contributed by atoms with Gasteiger partial charge in [-0.3, -0.25) is 9.59 Å². The van der Waals surface area contributed by atoms with Crippen molar-refractivity contribution < 1.29 is 9.53 Å². The molecule has 2 aromatic carbocycles. The summed E-state index contributed by atoms with van der Waals surface area (Å²) >= 11 is 0. The molecule has 7 nitrogen and oxygen atoms in total. The van der Waals surface area contributed by atoms with Gasteiger partial charge in [0.2, 0.25) is 5.91 Å². The Hall–Kier alpha value is -3.22. The fourth-order valence-electron chi connectivity index (χ4n) is 2.90. The number of nitrogens with zero attached hydrogens (tertiary/aromatic N) is 3. The van der Waals surface area contributed by atoms with Crippen LogP contribution >= 0.6 is 0 Å². The molecule has 1 unspecified atom stereocenters. The molecule has 0 bridgehead atoms. The number of rotatable bonds is 7. The first kappa shape index (κ1) is 18.6. The van der Waals surface area contributed by atoms with Crippen LogP contribution in [0, 0.1) is 0 Å². The average Bonchev–Trinajstić information content (AvgIpc) is 2.72. The molecular weight excluding hydrogens is 344 g/mol. The van der Waals surface area contributed by atoms with Gasteiger partial charge in [0.1, 0.15) is 11.3 Å². The van der Waals surface area contributed by atoms with Crippen molar-refractivity contribution in [3.63, 3.8) is 0 Å². The van der Waals surface area contributed by atoms with E-state index in [0.717, 1.165) is 17.7 Å². The molecule has 1 amide bonds. The van der Waals surface area contributed by atoms with E-state index < -0.39 is 0 Å². The highest BCUT2D eigenvalue weighted by Gasteiger charge is 2.14. The van der Waals surface area contributed by atoms with E-state index in [4.69, 9.17) is 4.74 Å². The van der Waals surface area contributed by atoms with Gasteiger partial charge in [0.05, 0.1) is 25.1 Å². The molecule has 0 aliphatic rings. The van der Waals surface area contributed by atoms with Crippen molar-refractivity contribution in [2.75, 3.05) is 7.11 Å². The summed E-state index contributed by atoms with van der Waals surface area (Å²) in [6.07, 6.45) is 0.910. The van der Waals surface area contributed by atoms with E-state index >= 15 is 0 Å². The Kier molecular flexibility index (Phi) is 5.80. The summed E-state index contributed by atoms with van der Waals surface area (Å²) in [5, 5.41) is 11.4. The van der Waals surface area contributed by atoms with Gasteiger partial charge < -0.3 is 10.1 Å². The van der Waals surface area contributed by atoms with Crippen LogP contribution in [0.2, 0.25) is 0 Å². The predicted octanol–water partition coefficient (Wildman–Crippen LogP) is 2.46. The molecule has 1 aromatic heterocycles. The van der Waals surface area contributed by atoms with E-state index in [1.165, 1.54) is 4.68 Å². The minimum atomic E-state index is -0.240. The Bertz CT molecular complexity index is 982. The highest BCUT2D eigenvalue weighted by atomic mass is 16.5. The molecule has 0 aliphatic heterocycles. The van der Waals surface area contributed by atoms with Crippen LogP contribution in [-0.2, 0) is 11.3 Å². The molecule has 3 rings (SSSR count). The number of methoxy groups -OCH3 is 1. The molecule has 0 radical (unpaired) electrons.